The largest absolute Gasteiger partial charge is 0.264 e. The van der Waals surface area contributed by atoms with Crippen molar-refractivity contribution in [2.45, 2.75) is 37.5 Å². The van der Waals surface area contributed by atoms with Crippen LogP contribution in [0.15, 0.2) is 24.5 Å². The Morgan fingerprint density at radius 3 is 2.93 bits per heavy atom. The molecular formula is C12H16ClN. The maximum Gasteiger partial charge on any atom is 0.0367 e. The Morgan fingerprint density at radius 1 is 1.36 bits per heavy atom. The zero-order valence-corrected chi connectivity index (χ0v) is 9.08. The van der Waals surface area contributed by atoms with Crippen LogP contribution < -0.4 is 0 Å². The van der Waals surface area contributed by atoms with Gasteiger partial charge < -0.3 is 0 Å². The number of aromatic nitrogens is 1. The molecule has 1 aliphatic carbocycles. The van der Waals surface area contributed by atoms with Gasteiger partial charge >= 0.3 is 0 Å². The number of pyridine rings is 1. The van der Waals surface area contributed by atoms with E-state index in [1.807, 2.05) is 18.5 Å². The molecule has 0 spiro atoms. The van der Waals surface area contributed by atoms with Crippen molar-refractivity contribution in [2.75, 3.05) is 0 Å². The molecule has 1 nitrogen and oxygen atoms in total. The van der Waals surface area contributed by atoms with Gasteiger partial charge in [0.15, 0.2) is 0 Å². The summed E-state index contributed by atoms with van der Waals surface area (Å²) in [7, 11) is 0. The molecule has 0 saturated heterocycles. The summed E-state index contributed by atoms with van der Waals surface area (Å²) >= 11 is 6.31. The Kier molecular flexibility index (Phi) is 3.41. The van der Waals surface area contributed by atoms with E-state index >= 15 is 0 Å². The van der Waals surface area contributed by atoms with E-state index in [-0.39, 0.29) is 0 Å². The Morgan fingerprint density at radius 2 is 2.21 bits per heavy atom. The summed E-state index contributed by atoms with van der Waals surface area (Å²) in [6.07, 6.45) is 9.99. The molecule has 1 heterocycles. The highest BCUT2D eigenvalue weighted by Crippen LogP contribution is 2.30. The van der Waals surface area contributed by atoms with Crippen LogP contribution in [0.2, 0.25) is 0 Å². The molecule has 2 atom stereocenters. The molecule has 0 radical (unpaired) electrons. The third-order valence-electron chi connectivity index (χ3n) is 3.04. The van der Waals surface area contributed by atoms with Crippen LogP contribution in [0.1, 0.15) is 31.2 Å². The summed E-state index contributed by atoms with van der Waals surface area (Å²) in [4.78, 5) is 4.13. The molecule has 1 aromatic rings. The fourth-order valence-corrected chi connectivity index (χ4v) is 2.58. The van der Waals surface area contributed by atoms with E-state index in [0.717, 1.165) is 6.42 Å². The van der Waals surface area contributed by atoms with Crippen molar-refractivity contribution in [3.8, 4) is 0 Å². The predicted octanol–water partition coefficient (Wildman–Crippen LogP) is 3.42. The van der Waals surface area contributed by atoms with Crippen molar-refractivity contribution in [1.82, 2.24) is 4.98 Å². The normalized spacial score (nSPS) is 27.5. The highest BCUT2D eigenvalue weighted by molar-refractivity contribution is 6.20. The summed E-state index contributed by atoms with van der Waals surface area (Å²) in [5, 5.41) is 0.379. The van der Waals surface area contributed by atoms with E-state index in [2.05, 4.69) is 11.1 Å². The predicted molar refractivity (Wildman–Crippen MR) is 59.5 cm³/mol. The average Bonchev–Trinajstić information content (AvgIpc) is 2.23. The van der Waals surface area contributed by atoms with Crippen molar-refractivity contribution in [1.29, 1.82) is 0 Å². The van der Waals surface area contributed by atoms with Gasteiger partial charge in [0.25, 0.3) is 0 Å². The first-order valence-electron chi connectivity index (χ1n) is 5.39. The van der Waals surface area contributed by atoms with Gasteiger partial charge in [0.05, 0.1) is 0 Å². The first kappa shape index (κ1) is 9.97. The zero-order chi connectivity index (χ0) is 9.80. The number of hydrogen-bond donors (Lipinski definition) is 0. The minimum Gasteiger partial charge on any atom is -0.264 e. The van der Waals surface area contributed by atoms with Gasteiger partial charge in [-0.3, -0.25) is 4.98 Å². The van der Waals surface area contributed by atoms with E-state index < -0.39 is 0 Å². The number of rotatable bonds is 2. The molecule has 76 valence electrons. The molecule has 2 heteroatoms. The first-order valence-corrected chi connectivity index (χ1v) is 5.83. The fraction of sp³-hybridized carbons (Fsp3) is 0.583. The quantitative estimate of drug-likeness (QED) is 0.681. The monoisotopic (exact) mass is 209 g/mol. The van der Waals surface area contributed by atoms with Crippen LogP contribution in [0, 0.1) is 5.92 Å². The number of halogens is 1. The van der Waals surface area contributed by atoms with E-state index in [4.69, 9.17) is 11.6 Å². The Balaban J connectivity index is 1.96. The molecule has 0 N–H and O–H groups in total. The molecule has 0 aromatic carbocycles. The van der Waals surface area contributed by atoms with Gasteiger partial charge in [-0.25, -0.2) is 0 Å². The molecule has 2 unspecified atom stereocenters. The van der Waals surface area contributed by atoms with Gasteiger partial charge in [-0.15, -0.1) is 11.6 Å². The summed E-state index contributed by atoms with van der Waals surface area (Å²) in [6, 6.07) is 4.15. The zero-order valence-electron chi connectivity index (χ0n) is 8.32. The van der Waals surface area contributed by atoms with Gasteiger partial charge in [0.2, 0.25) is 0 Å². The number of alkyl halides is 1. The lowest BCUT2D eigenvalue weighted by molar-refractivity contribution is 0.363. The van der Waals surface area contributed by atoms with Crippen LogP contribution in [0.3, 0.4) is 0 Å². The Bertz CT molecular complexity index is 273. The third kappa shape index (κ3) is 2.48. The van der Waals surface area contributed by atoms with Gasteiger partial charge in [-0.1, -0.05) is 18.9 Å². The van der Waals surface area contributed by atoms with Crippen LogP contribution in [-0.4, -0.2) is 10.4 Å². The van der Waals surface area contributed by atoms with Crippen LogP contribution in [0.4, 0.5) is 0 Å². The maximum atomic E-state index is 6.31. The second kappa shape index (κ2) is 4.79. The molecule has 1 aliphatic rings. The van der Waals surface area contributed by atoms with Crippen LogP contribution in [-0.2, 0) is 6.42 Å². The van der Waals surface area contributed by atoms with Crippen molar-refractivity contribution in [2.24, 2.45) is 5.92 Å². The van der Waals surface area contributed by atoms with Crippen LogP contribution in [0.5, 0.6) is 0 Å². The minimum absolute atomic E-state index is 0.379. The second-order valence-electron chi connectivity index (χ2n) is 4.13. The minimum atomic E-state index is 0.379. The maximum absolute atomic E-state index is 6.31. The average molecular weight is 210 g/mol. The van der Waals surface area contributed by atoms with E-state index in [1.54, 1.807) is 0 Å². The van der Waals surface area contributed by atoms with Gasteiger partial charge in [0.1, 0.15) is 0 Å². The SMILES string of the molecule is ClC1CCCCC1Cc1cccnc1. The third-order valence-corrected chi connectivity index (χ3v) is 3.61. The lowest BCUT2D eigenvalue weighted by atomic mass is 9.85. The van der Waals surface area contributed by atoms with Crippen molar-refractivity contribution in [3.63, 3.8) is 0 Å². The Hall–Kier alpha value is -0.560. The smallest absolute Gasteiger partial charge is 0.0367 e. The van der Waals surface area contributed by atoms with E-state index in [0.29, 0.717) is 11.3 Å². The molecule has 0 aliphatic heterocycles. The van der Waals surface area contributed by atoms with Crippen molar-refractivity contribution >= 4 is 11.6 Å². The molecule has 1 fully saturated rings. The van der Waals surface area contributed by atoms with Gasteiger partial charge in [0, 0.05) is 17.8 Å². The van der Waals surface area contributed by atoms with E-state index in [9.17, 15) is 0 Å². The summed E-state index contributed by atoms with van der Waals surface area (Å²) in [5.74, 6) is 0.662. The summed E-state index contributed by atoms with van der Waals surface area (Å²) in [6.45, 7) is 0. The lowest BCUT2D eigenvalue weighted by Gasteiger charge is -2.26. The molecular weight excluding hydrogens is 194 g/mol. The molecule has 0 bridgehead atoms. The number of nitrogens with zero attached hydrogens (tertiary/aromatic N) is 1. The van der Waals surface area contributed by atoms with Crippen LogP contribution in [0.25, 0.3) is 0 Å². The van der Waals surface area contributed by atoms with Gasteiger partial charge in [-0.05, 0) is 36.8 Å². The highest BCUT2D eigenvalue weighted by atomic mass is 35.5. The Labute approximate surface area is 90.5 Å². The molecule has 0 amide bonds. The lowest BCUT2D eigenvalue weighted by Crippen LogP contribution is -2.21. The molecule has 1 saturated carbocycles. The van der Waals surface area contributed by atoms with Gasteiger partial charge in [-0.2, -0.15) is 0 Å². The van der Waals surface area contributed by atoms with Crippen LogP contribution >= 0.6 is 11.6 Å². The van der Waals surface area contributed by atoms with Crippen molar-refractivity contribution in [3.05, 3.63) is 30.1 Å². The molecule has 2 rings (SSSR count). The highest BCUT2D eigenvalue weighted by Gasteiger charge is 2.22. The molecule has 1 aromatic heterocycles. The first-order chi connectivity index (χ1) is 6.86. The fourth-order valence-electron chi connectivity index (χ4n) is 2.21. The van der Waals surface area contributed by atoms with Crippen molar-refractivity contribution < 1.29 is 0 Å². The molecule has 14 heavy (non-hydrogen) atoms. The van der Waals surface area contributed by atoms with E-state index in [1.165, 1.54) is 31.2 Å². The summed E-state index contributed by atoms with van der Waals surface area (Å²) in [5.41, 5.74) is 1.32. The standard InChI is InChI=1S/C12H16ClN/c13-12-6-2-1-5-11(12)8-10-4-3-7-14-9-10/h3-4,7,9,11-12H,1-2,5-6,8H2. The second-order valence-corrected chi connectivity index (χ2v) is 4.69. The number of hydrogen-bond acceptors (Lipinski definition) is 1. The topological polar surface area (TPSA) is 12.9 Å². The summed E-state index contributed by atoms with van der Waals surface area (Å²) < 4.78 is 0.